The maximum Gasteiger partial charge on any atom is 0.0978 e. The van der Waals surface area contributed by atoms with E-state index in [1.165, 1.54) is 15.4 Å². The van der Waals surface area contributed by atoms with Crippen LogP contribution in [0.1, 0.15) is 17.4 Å². The third-order valence-electron chi connectivity index (χ3n) is 1.67. The van der Waals surface area contributed by atoms with E-state index in [4.69, 9.17) is 0 Å². The van der Waals surface area contributed by atoms with Crippen molar-refractivity contribution in [2.45, 2.75) is 20.8 Å². The van der Waals surface area contributed by atoms with Gasteiger partial charge < -0.3 is 5.32 Å². The van der Waals surface area contributed by atoms with Crippen LogP contribution in [0.4, 0.5) is 5.00 Å². The Labute approximate surface area is 77.3 Å². The molecule has 0 unspecified atom stereocenters. The Bertz CT molecular complexity index is 299. The molecule has 1 aromatic heterocycles. The van der Waals surface area contributed by atoms with Gasteiger partial charge in [0.1, 0.15) is 0 Å². The zero-order valence-corrected chi connectivity index (χ0v) is 8.75. The highest BCUT2D eigenvalue weighted by Gasteiger charge is 2.01. The van der Waals surface area contributed by atoms with Gasteiger partial charge in [0.15, 0.2) is 0 Å². The third kappa shape index (κ3) is 2.08. The van der Waals surface area contributed by atoms with Crippen molar-refractivity contribution in [2.24, 2.45) is 4.99 Å². The number of hydrogen-bond acceptors (Lipinski definition) is 2. The van der Waals surface area contributed by atoms with Crippen LogP contribution in [0.15, 0.2) is 11.1 Å². The summed E-state index contributed by atoms with van der Waals surface area (Å²) in [7, 11) is 1.79. The molecular formula is C9H14N2S. The van der Waals surface area contributed by atoms with Gasteiger partial charge in [-0.3, -0.25) is 4.99 Å². The Morgan fingerprint density at radius 2 is 2.17 bits per heavy atom. The second-order valence-electron chi connectivity index (χ2n) is 2.80. The van der Waals surface area contributed by atoms with E-state index in [0.717, 1.165) is 5.84 Å². The fourth-order valence-electron chi connectivity index (χ4n) is 0.986. The summed E-state index contributed by atoms with van der Waals surface area (Å²) in [6.07, 6.45) is 0. The number of thiophene rings is 1. The summed E-state index contributed by atoms with van der Waals surface area (Å²) in [4.78, 5) is 5.38. The molecule has 0 spiro atoms. The van der Waals surface area contributed by atoms with Crippen molar-refractivity contribution >= 4 is 22.2 Å². The van der Waals surface area contributed by atoms with Crippen LogP contribution >= 0.6 is 11.3 Å². The summed E-state index contributed by atoms with van der Waals surface area (Å²) >= 11 is 1.77. The van der Waals surface area contributed by atoms with Gasteiger partial charge in [-0.25, -0.2) is 0 Å². The van der Waals surface area contributed by atoms with Gasteiger partial charge in [0.2, 0.25) is 0 Å². The summed E-state index contributed by atoms with van der Waals surface area (Å²) in [6.45, 7) is 6.19. The molecule has 0 aliphatic rings. The number of aryl methyl sites for hydroxylation is 2. The van der Waals surface area contributed by atoms with E-state index in [2.05, 4.69) is 30.2 Å². The van der Waals surface area contributed by atoms with Gasteiger partial charge >= 0.3 is 0 Å². The van der Waals surface area contributed by atoms with Crippen LogP contribution in [0.25, 0.3) is 0 Å². The number of nitrogens with zero attached hydrogens (tertiary/aromatic N) is 1. The molecule has 1 rings (SSSR count). The Morgan fingerprint density at radius 3 is 2.58 bits per heavy atom. The lowest BCUT2D eigenvalue weighted by molar-refractivity contribution is 1.40. The quantitative estimate of drug-likeness (QED) is 0.524. The van der Waals surface area contributed by atoms with Gasteiger partial charge in [-0.1, -0.05) is 0 Å². The van der Waals surface area contributed by atoms with Crippen LogP contribution in [-0.4, -0.2) is 12.9 Å². The Morgan fingerprint density at radius 1 is 1.50 bits per heavy atom. The highest BCUT2D eigenvalue weighted by molar-refractivity contribution is 7.16. The maximum atomic E-state index is 4.05. The minimum Gasteiger partial charge on any atom is -0.336 e. The molecule has 0 aromatic carbocycles. The van der Waals surface area contributed by atoms with E-state index < -0.39 is 0 Å². The van der Waals surface area contributed by atoms with Gasteiger partial charge in [-0.2, -0.15) is 0 Å². The van der Waals surface area contributed by atoms with Gasteiger partial charge in [-0.15, -0.1) is 11.3 Å². The Balaban J connectivity index is 2.82. The van der Waals surface area contributed by atoms with E-state index in [-0.39, 0.29) is 0 Å². The predicted molar refractivity (Wildman–Crippen MR) is 56.4 cm³/mol. The number of nitrogens with one attached hydrogen (secondary N) is 1. The Kier molecular flexibility index (Phi) is 2.87. The molecule has 1 aromatic rings. The number of anilines is 1. The SMILES string of the molecule is CN=C(C)Nc1sc(C)cc1C. The van der Waals surface area contributed by atoms with E-state index in [1.807, 2.05) is 6.92 Å². The number of rotatable bonds is 1. The highest BCUT2D eigenvalue weighted by Crippen LogP contribution is 2.26. The largest absolute Gasteiger partial charge is 0.336 e. The van der Waals surface area contributed by atoms with Crippen LogP contribution in [-0.2, 0) is 0 Å². The summed E-state index contributed by atoms with van der Waals surface area (Å²) in [5.41, 5.74) is 1.29. The molecule has 0 saturated carbocycles. The first-order valence-corrected chi connectivity index (χ1v) is 4.72. The van der Waals surface area contributed by atoms with Gasteiger partial charge in [0, 0.05) is 11.9 Å². The van der Waals surface area contributed by atoms with Crippen molar-refractivity contribution in [1.29, 1.82) is 0 Å². The molecular weight excluding hydrogens is 168 g/mol. The van der Waals surface area contributed by atoms with Crippen LogP contribution in [0.2, 0.25) is 0 Å². The van der Waals surface area contributed by atoms with Gasteiger partial charge in [-0.05, 0) is 32.4 Å². The number of aliphatic imine (C=N–C) groups is 1. The molecule has 0 fully saturated rings. The molecule has 12 heavy (non-hydrogen) atoms. The number of hydrogen-bond donors (Lipinski definition) is 1. The van der Waals surface area contributed by atoms with Crippen molar-refractivity contribution in [2.75, 3.05) is 12.4 Å². The van der Waals surface area contributed by atoms with Gasteiger partial charge in [0.25, 0.3) is 0 Å². The van der Waals surface area contributed by atoms with Crippen molar-refractivity contribution < 1.29 is 0 Å². The smallest absolute Gasteiger partial charge is 0.0978 e. The van der Waals surface area contributed by atoms with E-state index in [0.29, 0.717) is 0 Å². The molecule has 0 aliphatic heterocycles. The van der Waals surface area contributed by atoms with E-state index in [1.54, 1.807) is 18.4 Å². The topological polar surface area (TPSA) is 24.4 Å². The average molecular weight is 182 g/mol. The lowest BCUT2D eigenvalue weighted by Crippen LogP contribution is -2.05. The Hall–Kier alpha value is -0.830. The second kappa shape index (κ2) is 3.72. The molecule has 0 aliphatic carbocycles. The minimum atomic E-state index is 0.958. The number of amidine groups is 1. The second-order valence-corrected chi connectivity index (χ2v) is 4.06. The van der Waals surface area contributed by atoms with Crippen LogP contribution in [0.5, 0.6) is 0 Å². The first-order chi connectivity index (χ1) is 5.63. The van der Waals surface area contributed by atoms with E-state index >= 15 is 0 Å². The maximum absolute atomic E-state index is 4.05. The molecule has 0 saturated heterocycles. The van der Waals surface area contributed by atoms with Crippen LogP contribution in [0.3, 0.4) is 0 Å². The molecule has 1 N–H and O–H groups in total. The summed E-state index contributed by atoms with van der Waals surface area (Å²) in [6, 6.07) is 2.18. The average Bonchev–Trinajstić information content (AvgIpc) is 2.30. The first kappa shape index (κ1) is 9.26. The zero-order valence-electron chi connectivity index (χ0n) is 7.93. The lowest BCUT2D eigenvalue weighted by atomic mass is 10.3. The normalized spacial score (nSPS) is 11.8. The molecule has 0 atom stereocenters. The molecule has 0 amide bonds. The van der Waals surface area contributed by atoms with Crippen molar-refractivity contribution in [1.82, 2.24) is 0 Å². The summed E-state index contributed by atoms with van der Waals surface area (Å²) < 4.78 is 0. The molecule has 1 heterocycles. The first-order valence-electron chi connectivity index (χ1n) is 3.91. The summed E-state index contributed by atoms with van der Waals surface area (Å²) in [5, 5.41) is 4.45. The monoisotopic (exact) mass is 182 g/mol. The molecule has 3 heteroatoms. The predicted octanol–water partition coefficient (Wildman–Crippen LogP) is 2.83. The third-order valence-corrected chi connectivity index (χ3v) is 2.74. The lowest BCUT2D eigenvalue weighted by Gasteiger charge is -2.01. The van der Waals surface area contributed by atoms with Crippen LogP contribution < -0.4 is 5.32 Å². The van der Waals surface area contributed by atoms with Crippen molar-refractivity contribution in [3.8, 4) is 0 Å². The van der Waals surface area contributed by atoms with Crippen molar-refractivity contribution in [3.05, 3.63) is 16.5 Å². The molecule has 0 bridgehead atoms. The highest BCUT2D eigenvalue weighted by atomic mass is 32.1. The van der Waals surface area contributed by atoms with E-state index in [9.17, 15) is 0 Å². The fraction of sp³-hybridized carbons (Fsp3) is 0.444. The minimum absolute atomic E-state index is 0.958. The summed E-state index contributed by atoms with van der Waals surface area (Å²) in [5.74, 6) is 0.958. The molecule has 2 nitrogen and oxygen atoms in total. The standard InChI is InChI=1S/C9H14N2S/c1-6-5-7(2)12-9(6)11-8(3)10-4/h5H,1-4H3,(H,10,11). The molecule has 66 valence electrons. The van der Waals surface area contributed by atoms with Crippen molar-refractivity contribution in [3.63, 3.8) is 0 Å². The van der Waals surface area contributed by atoms with Gasteiger partial charge in [0.05, 0.1) is 10.8 Å². The van der Waals surface area contributed by atoms with Crippen LogP contribution in [0, 0.1) is 13.8 Å². The zero-order chi connectivity index (χ0) is 9.14. The molecule has 0 radical (unpaired) electrons. The fourth-order valence-corrected chi connectivity index (χ4v) is 1.96.